The largest absolute Gasteiger partial charge is 0.484 e. The molecule has 0 aliphatic carbocycles. The van der Waals surface area contributed by atoms with Crippen molar-refractivity contribution in [2.24, 2.45) is 0 Å². The number of pyridine rings is 1. The van der Waals surface area contributed by atoms with Crippen LogP contribution in [-0.4, -0.2) is 53.2 Å². The van der Waals surface area contributed by atoms with Crippen molar-refractivity contribution in [3.8, 4) is 5.75 Å². The van der Waals surface area contributed by atoms with Crippen LogP contribution in [0.4, 0.5) is 0 Å². The Bertz CT molecular complexity index is 828. The number of likely N-dealkylation sites (tertiary alicyclic amines) is 1. The van der Waals surface area contributed by atoms with Crippen molar-refractivity contribution in [1.82, 2.24) is 15.2 Å². The Balaban J connectivity index is 1.42. The van der Waals surface area contributed by atoms with Crippen LogP contribution in [0.3, 0.4) is 0 Å². The van der Waals surface area contributed by atoms with Crippen molar-refractivity contribution >= 4 is 17.6 Å². The highest BCUT2D eigenvalue weighted by Gasteiger charge is 2.24. The summed E-state index contributed by atoms with van der Waals surface area (Å²) in [7, 11) is 0. The van der Waals surface area contributed by atoms with E-state index in [0.717, 1.165) is 0 Å². The lowest BCUT2D eigenvalue weighted by molar-refractivity contribution is -0.134. The molecule has 2 aromatic rings. The van der Waals surface area contributed by atoms with E-state index in [9.17, 15) is 14.4 Å². The van der Waals surface area contributed by atoms with Crippen molar-refractivity contribution in [2.45, 2.75) is 25.8 Å². The molecular weight excluding hydrogens is 358 g/mol. The molecule has 2 heterocycles. The number of hydrogen-bond acceptors (Lipinski definition) is 5. The lowest BCUT2D eigenvalue weighted by atomic mass is 10.0. The SMILES string of the molecule is CC(=O)c1ccc(OCC(=O)N2CCC(NC(=O)c3cccnc3)CC2)cc1. The van der Waals surface area contributed by atoms with E-state index in [2.05, 4.69) is 10.3 Å². The number of piperidine rings is 1. The van der Waals surface area contributed by atoms with Gasteiger partial charge in [-0.3, -0.25) is 19.4 Å². The summed E-state index contributed by atoms with van der Waals surface area (Å²) in [6, 6.07) is 10.2. The molecule has 0 radical (unpaired) electrons. The van der Waals surface area contributed by atoms with Crippen LogP contribution in [0.1, 0.15) is 40.5 Å². The van der Waals surface area contributed by atoms with Crippen LogP contribution in [0, 0.1) is 0 Å². The second-order valence-electron chi connectivity index (χ2n) is 6.74. The van der Waals surface area contributed by atoms with Gasteiger partial charge in [0.1, 0.15) is 5.75 Å². The average Bonchev–Trinajstić information content (AvgIpc) is 2.73. The maximum atomic E-state index is 12.3. The molecule has 0 saturated carbocycles. The standard InChI is InChI=1S/C21H23N3O4/c1-15(25)16-4-6-19(7-5-16)28-14-20(26)24-11-8-18(9-12-24)23-21(27)17-3-2-10-22-13-17/h2-7,10,13,18H,8-9,11-12,14H2,1H3,(H,23,27). The van der Waals surface area contributed by atoms with E-state index in [1.54, 1.807) is 47.5 Å². The molecule has 0 atom stereocenters. The van der Waals surface area contributed by atoms with Crippen LogP contribution in [0.15, 0.2) is 48.8 Å². The summed E-state index contributed by atoms with van der Waals surface area (Å²) in [5, 5.41) is 2.99. The minimum atomic E-state index is -0.143. The number of amides is 2. The first-order chi connectivity index (χ1) is 13.5. The lowest BCUT2D eigenvalue weighted by Gasteiger charge is -2.32. The van der Waals surface area contributed by atoms with Gasteiger partial charge < -0.3 is 15.0 Å². The smallest absolute Gasteiger partial charge is 0.260 e. The van der Waals surface area contributed by atoms with Gasteiger partial charge in [-0.25, -0.2) is 0 Å². The van der Waals surface area contributed by atoms with Gasteiger partial charge in [0, 0.05) is 37.1 Å². The van der Waals surface area contributed by atoms with E-state index in [-0.39, 0.29) is 30.2 Å². The predicted octanol–water partition coefficient (Wildman–Crippen LogP) is 2.08. The second kappa shape index (κ2) is 9.12. The number of hydrogen-bond donors (Lipinski definition) is 1. The maximum absolute atomic E-state index is 12.3. The van der Waals surface area contributed by atoms with E-state index >= 15 is 0 Å². The van der Waals surface area contributed by atoms with Gasteiger partial charge in [-0.2, -0.15) is 0 Å². The topological polar surface area (TPSA) is 88.6 Å². The first-order valence-electron chi connectivity index (χ1n) is 9.25. The van der Waals surface area contributed by atoms with Gasteiger partial charge in [-0.05, 0) is 56.2 Å². The molecule has 1 saturated heterocycles. The van der Waals surface area contributed by atoms with Gasteiger partial charge in [-0.15, -0.1) is 0 Å². The summed E-state index contributed by atoms with van der Waals surface area (Å²) >= 11 is 0. The van der Waals surface area contributed by atoms with Crippen LogP contribution in [-0.2, 0) is 4.79 Å². The molecule has 1 N–H and O–H groups in total. The number of ether oxygens (including phenoxy) is 1. The number of ketones is 1. The van der Waals surface area contributed by atoms with Gasteiger partial charge in [0.25, 0.3) is 11.8 Å². The minimum Gasteiger partial charge on any atom is -0.484 e. The molecular formula is C21H23N3O4. The van der Waals surface area contributed by atoms with Gasteiger partial charge in [0.15, 0.2) is 12.4 Å². The number of benzene rings is 1. The molecule has 0 spiro atoms. The van der Waals surface area contributed by atoms with Gasteiger partial charge in [0.2, 0.25) is 0 Å². The molecule has 1 aromatic heterocycles. The summed E-state index contributed by atoms with van der Waals surface area (Å²) in [4.78, 5) is 41.5. The zero-order valence-electron chi connectivity index (χ0n) is 15.8. The van der Waals surface area contributed by atoms with E-state index in [1.165, 1.54) is 13.1 Å². The summed E-state index contributed by atoms with van der Waals surface area (Å²) in [5.74, 6) is 0.306. The minimum absolute atomic E-state index is 0.0129. The molecule has 28 heavy (non-hydrogen) atoms. The lowest BCUT2D eigenvalue weighted by Crippen LogP contribution is -2.47. The summed E-state index contributed by atoms with van der Waals surface area (Å²) in [6.07, 6.45) is 4.56. The molecule has 0 bridgehead atoms. The van der Waals surface area contributed by atoms with E-state index in [4.69, 9.17) is 4.74 Å². The van der Waals surface area contributed by atoms with Gasteiger partial charge >= 0.3 is 0 Å². The Labute approximate surface area is 163 Å². The van der Waals surface area contributed by atoms with Gasteiger partial charge in [-0.1, -0.05) is 0 Å². The molecule has 1 aliphatic rings. The van der Waals surface area contributed by atoms with Crippen molar-refractivity contribution in [2.75, 3.05) is 19.7 Å². The third kappa shape index (κ3) is 5.16. The van der Waals surface area contributed by atoms with Crippen LogP contribution in [0.25, 0.3) is 0 Å². The first-order valence-corrected chi connectivity index (χ1v) is 9.25. The normalized spacial score (nSPS) is 14.4. The Kier molecular flexibility index (Phi) is 6.37. The van der Waals surface area contributed by atoms with Crippen LogP contribution >= 0.6 is 0 Å². The average molecular weight is 381 g/mol. The van der Waals surface area contributed by atoms with E-state index < -0.39 is 0 Å². The van der Waals surface area contributed by atoms with E-state index in [1.807, 2.05) is 0 Å². The van der Waals surface area contributed by atoms with Crippen LogP contribution in [0.2, 0.25) is 0 Å². The number of nitrogens with zero attached hydrogens (tertiary/aromatic N) is 2. The number of aromatic nitrogens is 1. The third-order valence-electron chi connectivity index (χ3n) is 4.73. The molecule has 1 fully saturated rings. The summed E-state index contributed by atoms with van der Waals surface area (Å²) in [6.45, 7) is 2.60. The maximum Gasteiger partial charge on any atom is 0.260 e. The fourth-order valence-corrected chi connectivity index (χ4v) is 3.06. The molecule has 1 aromatic carbocycles. The predicted molar refractivity (Wildman–Crippen MR) is 103 cm³/mol. The molecule has 1 aliphatic heterocycles. The molecule has 7 nitrogen and oxygen atoms in total. The number of Topliss-reactive ketones (excluding diaryl/α,β-unsaturated/α-hetero) is 1. The van der Waals surface area contributed by atoms with E-state index in [0.29, 0.717) is 42.8 Å². The molecule has 146 valence electrons. The number of carbonyl (C=O) groups excluding carboxylic acids is 3. The number of rotatable bonds is 6. The van der Waals surface area contributed by atoms with Crippen molar-refractivity contribution < 1.29 is 19.1 Å². The Morgan fingerprint density at radius 2 is 1.82 bits per heavy atom. The molecule has 7 heteroatoms. The van der Waals surface area contributed by atoms with Crippen molar-refractivity contribution in [3.05, 3.63) is 59.9 Å². The summed E-state index contributed by atoms with van der Waals surface area (Å²) in [5.41, 5.74) is 1.14. The number of carbonyl (C=O) groups is 3. The Hall–Kier alpha value is -3.22. The highest BCUT2D eigenvalue weighted by molar-refractivity contribution is 5.94. The Morgan fingerprint density at radius 3 is 2.43 bits per heavy atom. The fourth-order valence-electron chi connectivity index (χ4n) is 3.06. The van der Waals surface area contributed by atoms with Crippen LogP contribution in [0.5, 0.6) is 5.75 Å². The van der Waals surface area contributed by atoms with Crippen molar-refractivity contribution in [3.63, 3.8) is 0 Å². The molecule has 3 rings (SSSR count). The quantitative estimate of drug-likeness (QED) is 0.774. The monoisotopic (exact) mass is 381 g/mol. The third-order valence-corrected chi connectivity index (χ3v) is 4.73. The first kappa shape index (κ1) is 19.5. The van der Waals surface area contributed by atoms with Gasteiger partial charge in [0.05, 0.1) is 5.56 Å². The second-order valence-corrected chi connectivity index (χ2v) is 6.74. The summed E-state index contributed by atoms with van der Waals surface area (Å²) < 4.78 is 5.53. The molecule has 2 amide bonds. The highest BCUT2D eigenvalue weighted by Crippen LogP contribution is 2.15. The van der Waals surface area contributed by atoms with Crippen LogP contribution < -0.4 is 10.1 Å². The zero-order valence-corrected chi connectivity index (χ0v) is 15.8. The van der Waals surface area contributed by atoms with Crippen molar-refractivity contribution in [1.29, 1.82) is 0 Å². The number of nitrogens with one attached hydrogen (secondary N) is 1. The highest BCUT2D eigenvalue weighted by atomic mass is 16.5. The zero-order chi connectivity index (χ0) is 19.9. The Morgan fingerprint density at radius 1 is 1.11 bits per heavy atom. The molecule has 0 unspecified atom stereocenters. The fraction of sp³-hybridized carbons (Fsp3) is 0.333.